The summed E-state index contributed by atoms with van der Waals surface area (Å²) in [6.07, 6.45) is -4.58. The Morgan fingerprint density at radius 1 is 1.40 bits per heavy atom. The molecule has 1 rings (SSSR count). The molecule has 0 heterocycles. The Hall–Kier alpha value is -1.47. The van der Waals surface area contributed by atoms with Gasteiger partial charge in [-0.25, -0.2) is 0 Å². The Morgan fingerprint density at radius 3 is 2.40 bits per heavy atom. The van der Waals surface area contributed by atoms with E-state index in [0.717, 1.165) is 5.56 Å². The van der Waals surface area contributed by atoms with Gasteiger partial charge in [0, 0.05) is 17.6 Å². The average Bonchev–Trinajstić information content (AvgIpc) is 2.37. The van der Waals surface area contributed by atoms with Crippen molar-refractivity contribution in [2.75, 3.05) is 6.54 Å². The van der Waals surface area contributed by atoms with Crippen molar-refractivity contribution >= 4 is 17.4 Å². The maximum atomic E-state index is 12.7. The predicted octanol–water partition coefficient (Wildman–Crippen LogP) is 2.92. The van der Waals surface area contributed by atoms with Crippen LogP contribution in [0.25, 0.3) is 0 Å². The normalized spacial score (nSPS) is 15.9. The van der Waals surface area contributed by atoms with E-state index in [-0.39, 0.29) is 6.04 Å². The molecule has 0 saturated carbocycles. The van der Waals surface area contributed by atoms with Crippen LogP contribution in [0.15, 0.2) is 29.4 Å². The van der Waals surface area contributed by atoms with Crippen molar-refractivity contribution < 1.29 is 18.4 Å². The first-order valence-corrected chi connectivity index (χ1v) is 6.16. The highest BCUT2D eigenvalue weighted by molar-refractivity contribution is 6.30. The summed E-state index contributed by atoms with van der Waals surface area (Å²) in [6.45, 7) is 1.23. The van der Waals surface area contributed by atoms with Crippen molar-refractivity contribution in [2.45, 2.75) is 19.1 Å². The van der Waals surface area contributed by atoms with Gasteiger partial charge in [-0.05, 0) is 24.6 Å². The lowest BCUT2D eigenvalue weighted by molar-refractivity contribution is -0.155. The topological polar surface area (TPSA) is 70.6 Å². The highest BCUT2D eigenvalue weighted by Crippen LogP contribution is 2.26. The van der Waals surface area contributed by atoms with E-state index < -0.39 is 24.5 Å². The number of amidine groups is 1. The molecule has 1 aromatic carbocycles. The fraction of sp³-hybridized carbons (Fsp3) is 0.417. The van der Waals surface area contributed by atoms with Crippen molar-refractivity contribution in [3.63, 3.8) is 0 Å². The fourth-order valence-corrected chi connectivity index (χ4v) is 1.75. The summed E-state index contributed by atoms with van der Waals surface area (Å²) in [5.74, 6) is -2.91. The van der Waals surface area contributed by atoms with Crippen molar-refractivity contribution in [3.05, 3.63) is 34.9 Å². The third-order valence-electron chi connectivity index (χ3n) is 2.87. The molecule has 0 fully saturated rings. The van der Waals surface area contributed by atoms with Gasteiger partial charge >= 0.3 is 6.18 Å². The molecule has 0 spiro atoms. The second-order valence-corrected chi connectivity index (χ2v) is 4.74. The number of benzene rings is 1. The van der Waals surface area contributed by atoms with Gasteiger partial charge in [0.2, 0.25) is 0 Å². The lowest BCUT2D eigenvalue weighted by atomic mass is 10.1. The SMILES string of the molecule is CC(NCC(/C(N)=N/O)C(F)(F)F)c1ccc(Cl)cc1. The maximum Gasteiger partial charge on any atom is 0.400 e. The summed E-state index contributed by atoms with van der Waals surface area (Å²) in [4.78, 5) is 0. The second kappa shape index (κ2) is 6.81. The molecule has 2 unspecified atom stereocenters. The van der Waals surface area contributed by atoms with Crippen LogP contribution in [0.1, 0.15) is 18.5 Å². The van der Waals surface area contributed by atoms with E-state index >= 15 is 0 Å². The van der Waals surface area contributed by atoms with Crippen LogP contribution in [0.3, 0.4) is 0 Å². The van der Waals surface area contributed by atoms with Crippen LogP contribution in [0.4, 0.5) is 13.2 Å². The molecule has 0 aliphatic rings. The number of nitrogens with zero attached hydrogens (tertiary/aromatic N) is 1. The van der Waals surface area contributed by atoms with E-state index in [2.05, 4.69) is 10.5 Å². The zero-order chi connectivity index (χ0) is 15.3. The van der Waals surface area contributed by atoms with Crippen LogP contribution >= 0.6 is 11.6 Å². The van der Waals surface area contributed by atoms with Gasteiger partial charge in [-0.15, -0.1) is 0 Å². The number of alkyl halides is 3. The first-order valence-electron chi connectivity index (χ1n) is 5.78. The molecule has 2 atom stereocenters. The van der Waals surface area contributed by atoms with Gasteiger partial charge in [-0.3, -0.25) is 0 Å². The van der Waals surface area contributed by atoms with Crippen LogP contribution in [-0.4, -0.2) is 23.8 Å². The molecule has 0 aliphatic carbocycles. The number of nitrogens with two attached hydrogens (primary N) is 1. The number of hydrogen-bond acceptors (Lipinski definition) is 3. The molecule has 0 bridgehead atoms. The van der Waals surface area contributed by atoms with E-state index in [4.69, 9.17) is 22.5 Å². The largest absolute Gasteiger partial charge is 0.409 e. The minimum Gasteiger partial charge on any atom is -0.409 e. The van der Waals surface area contributed by atoms with Gasteiger partial charge in [0.05, 0.1) is 0 Å². The predicted molar refractivity (Wildman–Crippen MR) is 70.8 cm³/mol. The molecule has 0 amide bonds. The fourth-order valence-electron chi connectivity index (χ4n) is 1.62. The molecule has 8 heteroatoms. The first kappa shape index (κ1) is 16.6. The Balaban J connectivity index is 2.70. The Bertz CT molecular complexity index is 462. The third-order valence-corrected chi connectivity index (χ3v) is 3.12. The average molecular weight is 310 g/mol. The zero-order valence-corrected chi connectivity index (χ0v) is 11.4. The number of rotatable bonds is 5. The summed E-state index contributed by atoms with van der Waals surface area (Å²) in [6, 6.07) is 6.40. The summed E-state index contributed by atoms with van der Waals surface area (Å²) in [5.41, 5.74) is 5.86. The van der Waals surface area contributed by atoms with Gasteiger partial charge in [-0.1, -0.05) is 28.9 Å². The molecular formula is C12H15ClF3N3O. The zero-order valence-electron chi connectivity index (χ0n) is 10.7. The Labute approximate surface area is 119 Å². The molecule has 20 heavy (non-hydrogen) atoms. The summed E-state index contributed by atoms with van der Waals surface area (Å²) in [7, 11) is 0. The Kier molecular flexibility index (Phi) is 5.64. The van der Waals surface area contributed by atoms with Crippen LogP contribution in [0.5, 0.6) is 0 Å². The number of oxime groups is 1. The summed E-state index contributed by atoms with van der Waals surface area (Å²) in [5, 5.41) is 14.1. The van der Waals surface area contributed by atoms with E-state index in [1.807, 2.05) is 0 Å². The van der Waals surface area contributed by atoms with Crippen LogP contribution in [0.2, 0.25) is 5.02 Å². The molecule has 0 saturated heterocycles. The molecule has 0 radical (unpaired) electrons. The minimum absolute atomic E-state index is 0.330. The molecule has 0 aliphatic heterocycles. The quantitative estimate of drug-likeness (QED) is 0.339. The molecule has 112 valence electrons. The first-order chi connectivity index (χ1) is 9.25. The maximum absolute atomic E-state index is 12.7. The molecule has 1 aromatic rings. The van der Waals surface area contributed by atoms with Gasteiger partial charge in [0.25, 0.3) is 0 Å². The summed E-state index contributed by atoms with van der Waals surface area (Å²) >= 11 is 5.73. The van der Waals surface area contributed by atoms with Gasteiger partial charge in [0.15, 0.2) is 5.84 Å². The number of nitrogens with one attached hydrogen (secondary N) is 1. The van der Waals surface area contributed by atoms with E-state index in [1.165, 1.54) is 0 Å². The van der Waals surface area contributed by atoms with E-state index in [1.54, 1.807) is 31.2 Å². The second-order valence-electron chi connectivity index (χ2n) is 4.30. The van der Waals surface area contributed by atoms with Gasteiger partial charge in [-0.2, -0.15) is 13.2 Å². The highest BCUT2D eigenvalue weighted by atomic mass is 35.5. The number of halogens is 4. The Morgan fingerprint density at radius 2 is 1.95 bits per heavy atom. The monoisotopic (exact) mass is 309 g/mol. The smallest absolute Gasteiger partial charge is 0.400 e. The van der Waals surface area contributed by atoms with Crippen molar-refractivity contribution in [1.29, 1.82) is 0 Å². The highest BCUT2D eigenvalue weighted by Gasteiger charge is 2.42. The van der Waals surface area contributed by atoms with Crippen molar-refractivity contribution in [1.82, 2.24) is 5.32 Å². The van der Waals surface area contributed by atoms with E-state index in [0.29, 0.717) is 5.02 Å². The van der Waals surface area contributed by atoms with Crippen LogP contribution in [0, 0.1) is 5.92 Å². The van der Waals surface area contributed by atoms with Gasteiger partial charge < -0.3 is 16.3 Å². The minimum atomic E-state index is -4.58. The lowest BCUT2D eigenvalue weighted by Gasteiger charge is -2.22. The van der Waals surface area contributed by atoms with Crippen LogP contribution < -0.4 is 11.1 Å². The van der Waals surface area contributed by atoms with Gasteiger partial charge in [0.1, 0.15) is 5.92 Å². The standard InChI is InChI=1S/C12H15ClF3N3O/c1-7(8-2-4-9(13)5-3-8)18-6-10(11(17)19-20)12(14,15)16/h2-5,7,10,18,20H,6H2,1H3,(H2,17,19). The molecule has 4 nitrogen and oxygen atoms in total. The van der Waals surface area contributed by atoms with Crippen molar-refractivity contribution in [3.8, 4) is 0 Å². The molecule has 4 N–H and O–H groups in total. The molecule has 0 aromatic heterocycles. The molecular weight excluding hydrogens is 295 g/mol. The lowest BCUT2D eigenvalue weighted by Crippen LogP contribution is -2.43. The van der Waals surface area contributed by atoms with E-state index in [9.17, 15) is 13.2 Å². The summed E-state index contributed by atoms with van der Waals surface area (Å²) < 4.78 is 38.2. The van der Waals surface area contributed by atoms with Crippen molar-refractivity contribution in [2.24, 2.45) is 16.8 Å². The number of hydrogen-bond donors (Lipinski definition) is 3. The third kappa shape index (κ3) is 4.57. The van der Waals surface area contributed by atoms with Crippen LogP contribution in [-0.2, 0) is 0 Å².